The topological polar surface area (TPSA) is 165 Å². The molecule has 0 bridgehead atoms. The lowest BCUT2D eigenvalue weighted by Gasteiger charge is -2.35. The van der Waals surface area contributed by atoms with E-state index in [-0.39, 0.29) is 42.3 Å². The minimum atomic E-state index is -4.06. The number of aliphatic hydroxyl groups excluding tert-OH is 1. The molecule has 1 unspecified atom stereocenters. The van der Waals surface area contributed by atoms with Gasteiger partial charge >= 0.3 is 6.03 Å². The van der Waals surface area contributed by atoms with Gasteiger partial charge in [0, 0.05) is 45.0 Å². The molecule has 4 rings (SSSR count). The molecule has 1 aliphatic rings. The summed E-state index contributed by atoms with van der Waals surface area (Å²) in [4.78, 5) is 35.5. The molecule has 4 atom stereocenters. The molecule has 2 aromatic carbocycles. The number of ether oxygens (including phenoxy) is 1. The zero-order valence-electron chi connectivity index (χ0n) is 29.9. The Morgan fingerprint density at radius 1 is 1.04 bits per heavy atom. The van der Waals surface area contributed by atoms with Crippen molar-refractivity contribution in [3.05, 3.63) is 89.6 Å². The summed E-state index contributed by atoms with van der Waals surface area (Å²) in [6.45, 7) is 8.60. The van der Waals surface area contributed by atoms with Crippen LogP contribution in [-0.2, 0) is 27.8 Å². The average molecular weight is 723 g/mol. The molecule has 0 saturated carbocycles. The molecule has 3 N–H and O–H groups in total. The van der Waals surface area contributed by atoms with Gasteiger partial charge in [0.1, 0.15) is 6.04 Å². The number of nitrogens with zero attached hydrogens (tertiary/aromatic N) is 5. The number of hydrogen-bond acceptors (Lipinski definition) is 9. The minimum Gasteiger partial charge on any atom is -0.481 e. The van der Waals surface area contributed by atoms with Gasteiger partial charge in [-0.1, -0.05) is 87.8 Å². The summed E-state index contributed by atoms with van der Waals surface area (Å²) < 4.78 is 34.2. The highest BCUT2D eigenvalue weighted by molar-refractivity contribution is 7.89. The normalized spacial score (nSPS) is 16.1. The summed E-state index contributed by atoms with van der Waals surface area (Å²) in [5, 5.41) is 26.7. The highest BCUT2D eigenvalue weighted by atomic mass is 32.2. The number of urea groups is 1. The Balaban J connectivity index is 1.58. The predicted molar refractivity (Wildman–Crippen MR) is 194 cm³/mol. The number of nitrogens with one attached hydrogen (secondary N) is 1. The van der Waals surface area contributed by atoms with Gasteiger partial charge < -0.3 is 30.2 Å². The first-order valence-electron chi connectivity index (χ1n) is 17.2. The third-order valence-corrected chi connectivity index (χ3v) is 10.9. The highest BCUT2D eigenvalue weighted by Gasteiger charge is 2.41. The molecule has 0 aliphatic carbocycles. The van der Waals surface area contributed by atoms with Gasteiger partial charge in [-0.25, -0.2) is 18.2 Å². The summed E-state index contributed by atoms with van der Waals surface area (Å²) in [5.74, 6) is -0.211. The number of oxime groups is 1. The Morgan fingerprint density at radius 3 is 2.33 bits per heavy atom. The molecule has 1 aliphatic heterocycles. The van der Waals surface area contributed by atoms with E-state index in [9.17, 15) is 23.1 Å². The maximum atomic E-state index is 14.3. The van der Waals surface area contributed by atoms with Crippen LogP contribution in [0.5, 0.6) is 5.88 Å². The van der Waals surface area contributed by atoms with E-state index in [0.717, 1.165) is 11.1 Å². The quantitative estimate of drug-likeness (QED) is 0.101. The van der Waals surface area contributed by atoms with Crippen molar-refractivity contribution >= 4 is 28.2 Å². The number of rotatable bonds is 18. The molecule has 1 aromatic heterocycles. The van der Waals surface area contributed by atoms with Gasteiger partial charge in [-0.15, -0.1) is 0 Å². The van der Waals surface area contributed by atoms with Gasteiger partial charge in [-0.3, -0.25) is 4.79 Å². The van der Waals surface area contributed by atoms with Gasteiger partial charge in [0.25, 0.3) is 0 Å². The van der Waals surface area contributed by atoms with Crippen LogP contribution in [0.4, 0.5) is 4.79 Å². The molecular weight excluding hydrogens is 673 g/mol. The molecule has 2 heterocycles. The Morgan fingerprint density at radius 2 is 1.75 bits per heavy atom. The number of aliphatic hydroxyl groups is 1. The summed E-state index contributed by atoms with van der Waals surface area (Å²) >= 11 is 0. The van der Waals surface area contributed by atoms with Gasteiger partial charge in [0.2, 0.25) is 21.8 Å². The zero-order chi connectivity index (χ0) is 37.1. The van der Waals surface area contributed by atoms with Crippen LogP contribution in [0.25, 0.3) is 0 Å². The molecule has 1 fully saturated rings. The standard InChI is InChI=1S/C37H50N6O7S/c1-6-27(4)35(43-19-18-41(37(43)46)24-30-14-17-34(50-5)38-21-30)36(45)40-32(20-28-10-8-7-9-11-28)33(44)25-42(23-26(2)3)51(48,49)31-15-12-29(13-16-31)22-39-47/h7-17,21-22,26-27,32-33,35,44,47H,6,18-20,23-25H2,1-5H3,(H,40,45)/b39-22+/t27?,32-,33+,35-/m0/s1. The largest absolute Gasteiger partial charge is 0.481 e. The average Bonchev–Trinajstić information content (AvgIpc) is 3.46. The summed E-state index contributed by atoms with van der Waals surface area (Å²) in [5.41, 5.74) is 2.20. The van der Waals surface area contributed by atoms with Crippen LogP contribution in [0, 0.1) is 11.8 Å². The molecule has 276 valence electrons. The lowest BCUT2D eigenvalue weighted by molar-refractivity contribution is -0.128. The van der Waals surface area contributed by atoms with Crippen LogP contribution < -0.4 is 10.1 Å². The van der Waals surface area contributed by atoms with Gasteiger partial charge in [-0.05, 0) is 47.1 Å². The first kappa shape index (κ1) is 39.3. The number of amides is 3. The lowest BCUT2D eigenvalue weighted by Crippen LogP contribution is -2.57. The van der Waals surface area contributed by atoms with E-state index in [1.54, 1.807) is 22.1 Å². The first-order valence-corrected chi connectivity index (χ1v) is 18.7. The fraction of sp³-hybridized carbons (Fsp3) is 0.459. The minimum absolute atomic E-state index is 0.0217. The maximum Gasteiger partial charge on any atom is 0.321 e. The van der Waals surface area contributed by atoms with E-state index in [2.05, 4.69) is 15.5 Å². The first-order chi connectivity index (χ1) is 24.4. The molecule has 0 spiro atoms. The van der Waals surface area contributed by atoms with Gasteiger partial charge in [0.05, 0.1) is 30.4 Å². The monoisotopic (exact) mass is 722 g/mol. The second-order valence-corrected chi connectivity index (χ2v) is 15.3. The Kier molecular flexibility index (Phi) is 13.9. The van der Waals surface area contributed by atoms with Crippen molar-refractivity contribution in [2.24, 2.45) is 17.0 Å². The van der Waals surface area contributed by atoms with Crippen molar-refractivity contribution in [3.63, 3.8) is 0 Å². The van der Waals surface area contributed by atoms with Crippen molar-refractivity contribution in [1.29, 1.82) is 0 Å². The summed E-state index contributed by atoms with van der Waals surface area (Å²) in [7, 11) is -2.53. The van der Waals surface area contributed by atoms with E-state index in [0.29, 0.717) is 37.5 Å². The van der Waals surface area contributed by atoms with E-state index in [1.165, 1.54) is 41.9 Å². The van der Waals surface area contributed by atoms with Gasteiger partial charge in [0.15, 0.2) is 0 Å². The number of pyridine rings is 1. The van der Waals surface area contributed by atoms with E-state index in [1.807, 2.05) is 64.1 Å². The smallest absolute Gasteiger partial charge is 0.321 e. The Bertz CT molecular complexity index is 1710. The number of aromatic nitrogens is 1. The third-order valence-electron chi connectivity index (χ3n) is 9.07. The molecule has 13 nitrogen and oxygen atoms in total. The van der Waals surface area contributed by atoms with Crippen molar-refractivity contribution in [2.45, 2.75) is 70.2 Å². The Labute approximate surface area is 301 Å². The number of hydrogen-bond donors (Lipinski definition) is 3. The lowest BCUT2D eigenvalue weighted by atomic mass is 9.95. The molecule has 1 saturated heterocycles. The van der Waals surface area contributed by atoms with Crippen LogP contribution in [0.1, 0.15) is 50.8 Å². The third kappa shape index (κ3) is 10.3. The molecule has 0 radical (unpaired) electrons. The maximum absolute atomic E-state index is 14.3. The number of carbonyl (C=O) groups is 2. The van der Waals surface area contributed by atoms with Crippen molar-refractivity contribution in [1.82, 2.24) is 24.4 Å². The molecule has 51 heavy (non-hydrogen) atoms. The molecule has 3 aromatic rings. The van der Waals surface area contributed by atoms with Crippen molar-refractivity contribution < 1.29 is 33.1 Å². The van der Waals surface area contributed by atoms with E-state index >= 15 is 0 Å². The van der Waals surface area contributed by atoms with Crippen LogP contribution >= 0.6 is 0 Å². The summed E-state index contributed by atoms with van der Waals surface area (Å²) in [6.07, 6.45) is 2.42. The van der Waals surface area contributed by atoms with Crippen LogP contribution in [0.15, 0.2) is 83.0 Å². The summed E-state index contributed by atoms with van der Waals surface area (Å²) in [6, 6.07) is 16.9. The van der Waals surface area contributed by atoms with Gasteiger partial charge in [-0.2, -0.15) is 4.31 Å². The molecule has 3 amide bonds. The van der Waals surface area contributed by atoms with E-state index < -0.39 is 34.1 Å². The number of benzene rings is 2. The fourth-order valence-corrected chi connectivity index (χ4v) is 7.78. The zero-order valence-corrected chi connectivity index (χ0v) is 30.7. The molecule has 14 heteroatoms. The SMILES string of the molecule is CCC(C)[C@@H](C(=O)N[C@@H](Cc1ccccc1)[C@H](O)CN(CC(C)C)S(=O)(=O)c1ccc(/C=N/O)cc1)N1CCN(Cc2ccc(OC)nc2)C1=O. The second kappa shape index (κ2) is 18.1. The van der Waals surface area contributed by atoms with Crippen LogP contribution in [-0.4, -0.2) is 107 Å². The second-order valence-electron chi connectivity index (χ2n) is 13.3. The van der Waals surface area contributed by atoms with Crippen molar-refractivity contribution in [2.75, 3.05) is 33.3 Å². The highest BCUT2D eigenvalue weighted by Crippen LogP contribution is 2.24. The predicted octanol–water partition coefficient (Wildman–Crippen LogP) is 3.99. The van der Waals surface area contributed by atoms with Crippen LogP contribution in [0.3, 0.4) is 0 Å². The number of methoxy groups -OCH3 is 1. The molecular formula is C37H50N6O7S. The fourth-order valence-electron chi connectivity index (χ4n) is 6.16. The van der Waals surface area contributed by atoms with E-state index in [4.69, 9.17) is 9.94 Å². The van der Waals surface area contributed by atoms with Crippen LogP contribution in [0.2, 0.25) is 0 Å². The number of carbonyl (C=O) groups excluding carboxylic acids is 2. The number of sulfonamides is 1. The Hall–Kier alpha value is -4.53. The van der Waals surface area contributed by atoms with Crippen molar-refractivity contribution in [3.8, 4) is 5.88 Å².